The molecule has 1 rings (SSSR count). The molecule has 0 radical (unpaired) electrons. The van der Waals surface area contributed by atoms with E-state index in [-0.39, 0.29) is 0 Å². The van der Waals surface area contributed by atoms with Crippen molar-refractivity contribution in [2.45, 2.75) is 40.0 Å². The van der Waals surface area contributed by atoms with Crippen LogP contribution in [-0.4, -0.2) is 6.54 Å². The van der Waals surface area contributed by atoms with E-state index in [0.717, 1.165) is 30.2 Å². The molecule has 4 atom stereocenters. The topological polar surface area (TPSA) is 26.0 Å². The Balaban J connectivity index is 2.44. The van der Waals surface area contributed by atoms with Gasteiger partial charge in [-0.15, -0.1) is 0 Å². The maximum absolute atomic E-state index is 5.75. The molecule has 0 aromatic carbocycles. The lowest BCUT2D eigenvalue weighted by Crippen LogP contribution is -2.48. The van der Waals surface area contributed by atoms with E-state index >= 15 is 0 Å². The van der Waals surface area contributed by atoms with Gasteiger partial charge in [-0.05, 0) is 30.2 Å². The second-order valence-corrected chi connectivity index (χ2v) is 4.28. The van der Waals surface area contributed by atoms with E-state index in [0.29, 0.717) is 0 Å². The molecule has 0 amide bonds. The molecule has 0 aromatic rings. The molecule has 1 fully saturated rings. The van der Waals surface area contributed by atoms with Crippen molar-refractivity contribution in [1.29, 1.82) is 0 Å². The lowest BCUT2D eigenvalue weighted by molar-refractivity contribution is -0.0129. The molecular weight excluding hydrogens is 146 g/mol. The molecule has 2 N–H and O–H groups in total. The highest BCUT2D eigenvalue weighted by Crippen LogP contribution is 2.49. The third-order valence-electron chi connectivity index (χ3n) is 3.82. The second kappa shape index (κ2) is 4.27. The van der Waals surface area contributed by atoms with E-state index in [2.05, 4.69) is 20.8 Å². The van der Waals surface area contributed by atoms with Crippen molar-refractivity contribution in [1.82, 2.24) is 0 Å². The van der Waals surface area contributed by atoms with Gasteiger partial charge in [-0.2, -0.15) is 0 Å². The highest BCUT2D eigenvalue weighted by Gasteiger charge is 2.44. The van der Waals surface area contributed by atoms with E-state index < -0.39 is 0 Å². The van der Waals surface area contributed by atoms with Crippen molar-refractivity contribution in [2.24, 2.45) is 29.4 Å². The fraction of sp³-hybridized carbons (Fsp3) is 1.00. The maximum Gasteiger partial charge on any atom is -0.00435 e. The zero-order valence-corrected chi connectivity index (χ0v) is 8.72. The van der Waals surface area contributed by atoms with Crippen molar-refractivity contribution in [3.8, 4) is 0 Å². The van der Waals surface area contributed by atoms with Gasteiger partial charge in [0.05, 0.1) is 0 Å². The quantitative estimate of drug-likeness (QED) is 0.688. The van der Waals surface area contributed by atoms with E-state index in [1.165, 1.54) is 19.3 Å². The van der Waals surface area contributed by atoms with Crippen molar-refractivity contribution < 1.29 is 0 Å². The molecule has 72 valence electrons. The first-order valence-electron chi connectivity index (χ1n) is 5.46. The molecule has 0 aliphatic heterocycles. The summed E-state index contributed by atoms with van der Waals surface area (Å²) in [5, 5.41) is 0. The van der Waals surface area contributed by atoms with Crippen molar-refractivity contribution in [2.75, 3.05) is 6.54 Å². The summed E-state index contributed by atoms with van der Waals surface area (Å²) < 4.78 is 0. The van der Waals surface area contributed by atoms with Crippen LogP contribution in [0.25, 0.3) is 0 Å². The molecule has 0 saturated heterocycles. The van der Waals surface area contributed by atoms with Crippen LogP contribution in [0, 0.1) is 23.7 Å². The molecule has 2 unspecified atom stereocenters. The number of nitrogens with two attached hydrogens (primary N) is 1. The zero-order valence-electron chi connectivity index (χ0n) is 8.72. The third-order valence-corrected chi connectivity index (χ3v) is 3.82. The van der Waals surface area contributed by atoms with Gasteiger partial charge < -0.3 is 5.73 Å². The Hall–Kier alpha value is -0.0400. The SMILES string of the molecule is CCC[C@@H]1C(C)[C@@H](CN)C1CC. The van der Waals surface area contributed by atoms with Crippen LogP contribution in [0.2, 0.25) is 0 Å². The molecule has 1 saturated carbocycles. The molecule has 1 aliphatic carbocycles. The largest absolute Gasteiger partial charge is 0.330 e. The van der Waals surface area contributed by atoms with Gasteiger partial charge in [0.1, 0.15) is 0 Å². The number of hydrogen-bond donors (Lipinski definition) is 1. The van der Waals surface area contributed by atoms with Gasteiger partial charge in [0, 0.05) is 0 Å². The van der Waals surface area contributed by atoms with Gasteiger partial charge in [-0.1, -0.05) is 40.0 Å². The van der Waals surface area contributed by atoms with Crippen LogP contribution < -0.4 is 5.73 Å². The minimum Gasteiger partial charge on any atom is -0.330 e. The van der Waals surface area contributed by atoms with Gasteiger partial charge in [-0.25, -0.2) is 0 Å². The first-order chi connectivity index (χ1) is 5.76. The van der Waals surface area contributed by atoms with Crippen LogP contribution in [0.3, 0.4) is 0 Å². The summed E-state index contributed by atoms with van der Waals surface area (Å²) in [6, 6.07) is 0. The summed E-state index contributed by atoms with van der Waals surface area (Å²) in [5.41, 5.74) is 5.75. The van der Waals surface area contributed by atoms with Gasteiger partial charge in [0.2, 0.25) is 0 Å². The van der Waals surface area contributed by atoms with Crippen molar-refractivity contribution >= 4 is 0 Å². The van der Waals surface area contributed by atoms with Crippen molar-refractivity contribution in [3.05, 3.63) is 0 Å². The molecule has 0 spiro atoms. The highest BCUT2D eigenvalue weighted by molar-refractivity contribution is 4.93. The van der Waals surface area contributed by atoms with Gasteiger partial charge in [0.15, 0.2) is 0 Å². The minimum atomic E-state index is 0.826. The van der Waals surface area contributed by atoms with Gasteiger partial charge in [0.25, 0.3) is 0 Å². The predicted molar refractivity (Wildman–Crippen MR) is 53.9 cm³/mol. The van der Waals surface area contributed by atoms with E-state index in [1.54, 1.807) is 0 Å². The monoisotopic (exact) mass is 169 g/mol. The van der Waals surface area contributed by atoms with Crippen molar-refractivity contribution in [3.63, 3.8) is 0 Å². The van der Waals surface area contributed by atoms with Crippen LogP contribution in [0.1, 0.15) is 40.0 Å². The summed E-state index contributed by atoms with van der Waals surface area (Å²) in [7, 11) is 0. The fourth-order valence-electron chi connectivity index (χ4n) is 3.07. The normalized spacial score (nSPS) is 41.0. The Labute approximate surface area is 76.7 Å². The number of hydrogen-bond acceptors (Lipinski definition) is 1. The van der Waals surface area contributed by atoms with Gasteiger partial charge in [-0.3, -0.25) is 0 Å². The summed E-state index contributed by atoms with van der Waals surface area (Å²) in [5.74, 6) is 3.63. The molecule has 0 bridgehead atoms. The smallest absolute Gasteiger partial charge is 0.00435 e. The Morgan fingerprint density at radius 3 is 2.17 bits per heavy atom. The van der Waals surface area contributed by atoms with E-state index in [1.807, 2.05) is 0 Å². The molecule has 0 aromatic heterocycles. The highest BCUT2D eigenvalue weighted by atomic mass is 14.6. The third kappa shape index (κ3) is 1.52. The first kappa shape index (κ1) is 10.0. The number of rotatable bonds is 4. The van der Waals surface area contributed by atoms with Crippen LogP contribution in [0.4, 0.5) is 0 Å². The Kier molecular flexibility index (Phi) is 3.57. The average Bonchev–Trinajstić information content (AvgIpc) is 2.09. The molecular formula is C11H23N. The lowest BCUT2D eigenvalue weighted by atomic mass is 9.55. The maximum atomic E-state index is 5.75. The fourth-order valence-corrected chi connectivity index (χ4v) is 3.07. The van der Waals surface area contributed by atoms with Crippen LogP contribution in [-0.2, 0) is 0 Å². The average molecular weight is 169 g/mol. The molecule has 12 heavy (non-hydrogen) atoms. The Morgan fingerprint density at radius 1 is 1.08 bits per heavy atom. The predicted octanol–water partition coefficient (Wildman–Crippen LogP) is 2.65. The summed E-state index contributed by atoms with van der Waals surface area (Å²) in [6.07, 6.45) is 4.08. The van der Waals surface area contributed by atoms with Crippen LogP contribution >= 0.6 is 0 Å². The van der Waals surface area contributed by atoms with E-state index in [9.17, 15) is 0 Å². The van der Waals surface area contributed by atoms with Crippen LogP contribution in [0.15, 0.2) is 0 Å². The minimum absolute atomic E-state index is 0.826. The Morgan fingerprint density at radius 2 is 1.75 bits per heavy atom. The molecule has 0 heterocycles. The van der Waals surface area contributed by atoms with Crippen LogP contribution in [0.5, 0.6) is 0 Å². The standard InChI is InChI=1S/C11H23N/c1-4-6-10-8(3)11(7-12)9(10)5-2/h8-11H,4-7,12H2,1-3H3/t8?,9?,10-,11-/m1/s1. The second-order valence-electron chi connectivity index (χ2n) is 4.28. The molecule has 1 aliphatic rings. The van der Waals surface area contributed by atoms with Gasteiger partial charge >= 0.3 is 0 Å². The lowest BCUT2D eigenvalue weighted by Gasteiger charge is -2.51. The summed E-state index contributed by atoms with van der Waals surface area (Å²) in [6.45, 7) is 7.88. The summed E-state index contributed by atoms with van der Waals surface area (Å²) >= 11 is 0. The zero-order chi connectivity index (χ0) is 9.14. The first-order valence-corrected chi connectivity index (χ1v) is 5.46. The van der Waals surface area contributed by atoms with E-state index in [4.69, 9.17) is 5.73 Å². The molecule has 1 heteroatoms. The summed E-state index contributed by atoms with van der Waals surface area (Å²) in [4.78, 5) is 0. The molecule has 1 nitrogen and oxygen atoms in total. The Bertz CT molecular complexity index is 133.